The Hall–Kier alpha value is -3.34. The van der Waals surface area contributed by atoms with E-state index in [4.69, 9.17) is 4.74 Å². The highest BCUT2D eigenvalue weighted by Crippen LogP contribution is 2.32. The molecule has 2 heterocycles. The largest absolute Gasteiger partial charge is 0.427 e. The van der Waals surface area contributed by atoms with Crippen molar-refractivity contribution in [2.75, 3.05) is 4.90 Å². The van der Waals surface area contributed by atoms with E-state index in [9.17, 15) is 22.8 Å². The summed E-state index contributed by atoms with van der Waals surface area (Å²) in [5.74, 6) is -1.36. The monoisotopic (exact) mass is 484 g/mol. The number of amides is 2. The molecule has 1 fully saturated rings. The average molecular weight is 485 g/mol. The van der Waals surface area contributed by atoms with Crippen molar-refractivity contribution >= 4 is 44.8 Å². The normalized spacial score (nSPS) is 16.4. The Morgan fingerprint density at radius 3 is 2.36 bits per heavy atom. The molecule has 170 valence electrons. The summed E-state index contributed by atoms with van der Waals surface area (Å²) in [4.78, 5) is 39.1. The summed E-state index contributed by atoms with van der Waals surface area (Å²) >= 11 is 1.37. The van der Waals surface area contributed by atoms with E-state index >= 15 is 0 Å². The van der Waals surface area contributed by atoms with Crippen molar-refractivity contribution in [1.29, 1.82) is 0 Å². The maximum absolute atomic E-state index is 13.5. The lowest BCUT2D eigenvalue weighted by Gasteiger charge is -2.26. The molecular weight excluding hydrogens is 464 g/mol. The third-order valence-electron chi connectivity index (χ3n) is 5.07. The Bertz CT molecular complexity index is 1270. The molecule has 4 rings (SSSR count). The Morgan fingerprint density at radius 2 is 1.76 bits per heavy atom. The molecule has 2 aromatic carbocycles. The number of rotatable bonds is 7. The number of ether oxygens (including phenoxy) is 1. The number of carbonyl (C=O) groups excluding carboxylic acids is 3. The van der Waals surface area contributed by atoms with Gasteiger partial charge in [0.15, 0.2) is 0 Å². The van der Waals surface area contributed by atoms with Gasteiger partial charge in [0.2, 0.25) is 15.9 Å². The van der Waals surface area contributed by atoms with Gasteiger partial charge < -0.3 is 4.74 Å². The number of nitrogens with zero attached hydrogens (tertiary/aromatic N) is 2. The van der Waals surface area contributed by atoms with Gasteiger partial charge in [-0.1, -0.05) is 24.3 Å². The molecule has 1 aromatic heterocycles. The van der Waals surface area contributed by atoms with E-state index in [1.54, 1.807) is 30.3 Å². The van der Waals surface area contributed by atoms with Crippen molar-refractivity contribution in [3.05, 3.63) is 77.0 Å². The summed E-state index contributed by atoms with van der Waals surface area (Å²) in [6.07, 6.45) is -0.276. The van der Waals surface area contributed by atoms with Gasteiger partial charge in [-0.05, 0) is 47.8 Å². The van der Waals surface area contributed by atoms with Gasteiger partial charge in [0, 0.05) is 18.3 Å². The number of sulfonamides is 1. The second-order valence-corrected chi connectivity index (χ2v) is 10.2. The molecule has 1 aliphatic rings. The van der Waals surface area contributed by atoms with Crippen molar-refractivity contribution < 1.29 is 27.5 Å². The number of hydrogen-bond donors (Lipinski definition) is 0. The van der Waals surface area contributed by atoms with Crippen molar-refractivity contribution in [3.63, 3.8) is 0 Å². The van der Waals surface area contributed by atoms with Crippen LogP contribution in [0.2, 0.25) is 0 Å². The molecule has 0 spiro atoms. The molecule has 0 bridgehead atoms. The van der Waals surface area contributed by atoms with Crippen LogP contribution in [-0.2, 0) is 31.0 Å². The Kier molecular flexibility index (Phi) is 6.41. The van der Waals surface area contributed by atoms with E-state index in [2.05, 4.69) is 0 Å². The van der Waals surface area contributed by atoms with Gasteiger partial charge in [-0.3, -0.25) is 14.4 Å². The van der Waals surface area contributed by atoms with Gasteiger partial charge in [0.05, 0.1) is 17.0 Å². The standard InChI is InChI=1S/C23H20N2O6S2/c1-16(26)31-18-11-9-17(10-12-18)25-22(27)14-21(23(25)28)24(15-19-6-5-13-32-19)33(29,30)20-7-3-2-4-8-20/h2-13,21H,14-15H2,1H3. The number of benzene rings is 2. The summed E-state index contributed by atoms with van der Waals surface area (Å²) < 4.78 is 33.1. The van der Waals surface area contributed by atoms with Crippen molar-refractivity contribution in [2.24, 2.45) is 0 Å². The zero-order valence-electron chi connectivity index (χ0n) is 17.6. The highest BCUT2D eigenvalue weighted by molar-refractivity contribution is 7.89. The minimum Gasteiger partial charge on any atom is -0.427 e. The van der Waals surface area contributed by atoms with Gasteiger partial charge in [0.25, 0.3) is 5.91 Å². The van der Waals surface area contributed by atoms with Crippen LogP contribution in [0.1, 0.15) is 18.2 Å². The van der Waals surface area contributed by atoms with Crippen LogP contribution in [0.5, 0.6) is 5.75 Å². The Morgan fingerprint density at radius 1 is 1.06 bits per heavy atom. The van der Waals surface area contributed by atoms with Gasteiger partial charge >= 0.3 is 5.97 Å². The van der Waals surface area contributed by atoms with Gasteiger partial charge in [0.1, 0.15) is 11.8 Å². The average Bonchev–Trinajstić information content (AvgIpc) is 3.40. The van der Waals surface area contributed by atoms with E-state index in [-0.39, 0.29) is 29.3 Å². The van der Waals surface area contributed by atoms with Crippen molar-refractivity contribution in [3.8, 4) is 5.75 Å². The number of esters is 1. The van der Waals surface area contributed by atoms with Gasteiger partial charge in [-0.25, -0.2) is 13.3 Å². The lowest BCUT2D eigenvalue weighted by Crippen LogP contribution is -2.44. The molecule has 1 atom stereocenters. The third-order valence-corrected chi connectivity index (χ3v) is 7.80. The fourth-order valence-corrected chi connectivity index (χ4v) is 5.95. The minimum atomic E-state index is -4.06. The molecule has 0 N–H and O–H groups in total. The topological polar surface area (TPSA) is 101 Å². The van der Waals surface area contributed by atoms with Crippen LogP contribution >= 0.6 is 11.3 Å². The molecule has 1 unspecified atom stereocenters. The van der Waals surface area contributed by atoms with Crippen LogP contribution in [0.4, 0.5) is 5.69 Å². The molecule has 0 aliphatic carbocycles. The fourth-order valence-electron chi connectivity index (χ4n) is 3.59. The summed E-state index contributed by atoms with van der Waals surface area (Å²) in [5.41, 5.74) is 0.275. The number of hydrogen-bond acceptors (Lipinski definition) is 7. The lowest BCUT2D eigenvalue weighted by molar-refractivity contribution is -0.132. The molecule has 1 saturated heterocycles. The predicted molar refractivity (Wildman–Crippen MR) is 122 cm³/mol. The van der Waals surface area contributed by atoms with E-state index in [1.165, 1.54) is 54.7 Å². The zero-order valence-corrected chi connectivity index (χ0v) is 19.2. The zero-order chi connectivity index (χ0) is 23.6. The van der Waals surface area contributed by atoms with Crippen LogP contribution < -0.4 is 9.64 Å². The molecule has 8 nitrogen and oxygen atoms in total. The van der Waals surface area contributed by atoms with Gasteiger partial charge in [-0.15, -0.1) is 11.3 Å². The van der Waals surface area contributed by atoms with Crippen LogP contribution in [0.15, 0.2) is 77.0 Å². The molecular formula is C23H20N2O6S2. The Labute approximate surface area is 195 Å². The first kappa shape index (κ1) is 22.8. The van der Waals surface area contributed by atoms with E-state index in [0.717, 1.165) is 14.1 Å². The second-order valence-electron chi connectivity index (χ2n) is 7.32. The van der Waals surface area contributed by atoms with Crippen LogP contribution in [0.3, 0.4) is 0 Å². The maximum Gasteiger partial charge on any atom is 0.308 e. The first-order valence-electron chi connectivity index (χ1n) is 10.0. The molecule has 0 saturated carbocycles. The van der Waals surface area contributed by atoms with Crippen LogP contribution in [0.25, 0.3) is 0 Å². The SMILES string of the molecule is CC(=O)Oc1ccc(N2C(=O)CC(N(Cc3cccs3)S(=O)(=O)c3ccccc3)C2=O)cc1. The minimum absolute atomic E-state index is 0.0300. The fraction of sp³-hybridized carbons (Fsp3) is 0.174. The number of imide groups is 1. The smallest absolute Gasteiger partial charge is 0.308 e. The molecule has 0 radical (unpaired) electrons. The van der Waals surface area contributed by atoms with E-state index in [0.29, 0.717) is 0 Å². The molecule has 1 aliphatic heterocycles. The second kappa shape index (κ2) is 9.26. The predicted octanol–water partition coefficient (Wildman–Crippen LogP) is 3.20. The van der Waals surface area contributed by atoms with Crippen LogP contribution in [0, 0.1) is 0 Å². The summed E-state index contributed by atoms with van der Waals surface area (Å²) in [6, 6.07) is 16.1. The van der Waals surface area contributed by atoms with E-state index < -0.39 is 33.8 Å². The summed E-state index contributed by atoms with van der Waals surface area (Å²) in [5, 5.41) is 1.82. The molecule has 33 heavy (non-hydrogen) atoms. The summed E-state index contributed by atoms with van der Waals surface area (Å²) in [7, 11) is -4.06. The first-order valence-corrected chi connectivity index (χ1v) is 12.3. The summed E-state index contributed by atoms with van der Waals surface area (Å²) in [6.45, 7) is 1.24. The molecule has 10 heteroatoms. The molecule has 3 aromatic rings. The quantitative estimate of drug-likeness (QED) is 0.290. The Balaban J connectivity index is 1.67. The van der Waals surface area contributed by atoms with Crippen molar-refractivity contribution in [1.82, 2.24) is 4.31 Å². The third kappa shape index (κ3) is 4.72. The molecule has 2 amide bonds. The highest BCUT2D eigenvalue weighted by Gasteiger charge is 2.47. The first-order chi connectivity index (χ1) is 15.8. The van der Waals surface area contributed by atoms with Gasteiger partial charge in [-0.2, -0.15) is 4.31 Å². The number of anilines is 1. The van der Waals surface area contributed by atoms with Crippen molar-refractivity contribution in [2.45, 2.75) is 30.8 Å². The lowest BCUT2D eigenvalue weighted by atomic mass is 10.2. The van der Waals surface area contributed by atoms with Crippen LogP contribution in [-0.4, -0.2) is 36.5 Å². The highest BCUT2D eigenvalue weighted by atomic mass is 32.2. The number of carbonyl (C=O) groups is 3. The number of thiophene rings is 1. The maximum atomic E-state index is 13.5. The van der Waals surface area contributed by atoms with E-state index in [1.807, 2.05) is 5.38 Å².